The van der Waals surface area contributed by atoms with Crippen LogP contribution in [0, 0.1) is 6.92 Å². The summed E-state index contributed by atoms with van der Waals surface area (Å²) in [5, 5.41) is 5.75. The minimum absolute atomic E-state index is 0.353. The Hall–Kier alpha value is -1.62. The van der Waals surface area contributed by atoms with Gasteiger partial charge in [0.25, 0.3) is 5.91 Å². The molecule has 2 aromatic carbocycles. The molecule has 128 valence electrons. The lowest BCUT2D eigenvalue weighted by molar-refractivity contribution is 0.0939. The van der Waals surface area contributed by atoms with Crippen molar-refractivity contribution in [1.82, 2.24) is 5.32 Å². The molecule has 2 rings (SSSR count). The van der Waals surface area contributed by atoms with Crippen molar-refractivity contribution < 1.29 is 9.53 Å². The van der Waals surface area contributed by atoms with Gasteiger partial charge in [0.05, 0.1) is 12.7 Å². The molecule has 0 fully saturated rings. The van der Waals surface area contributed by atoms with Crippen LogP contribution in [0.25, 0.3) is 0 Å². The Labute approximate surface area is 156 Å². The van der Waals surface area contributed by atoms with E-state index in [0.717, 1.165) is 11.3 Å². The van der Waals surface area contributed by atoms with Gasteiger partial charge in [-0.05, 0) is 30.7 Å². The first-order chi connectivity index (χ1) is 11.3. The predicted molar refractivity (Wildman–Crippen MR) is 99.3 cm³/mol. The average Bonchev–Trinajstić information content (AvgIpc) is 2.55. The summed E-state index contributed by atoms with van der Waals surface area (Å²) in [6.45, 7) is 1.92. The van der Waals surface area contributed by atoms with Gasteiger partial charge < -0.3 is 15.4 Å². The van der Waals surface area contributed by atoms with Gasteiger partial charge in [-0.1, -0.05) is 65.1 Å². The molecule has 0 unspecified atom stereocenters. The smallest absolute Gasteiger partial charge is 0.256 e. The topological polar surface area (TPSA) is 50.4 Å². The van der Waals surface area contributed by atoms with Crippen molar-refractivity contribution in [3.8, 4) is 5.75 Å². The Morgan fingerprint density at radius 3 is 2.33 bits per heavy atom. The minimum Gasteiger partial charge on any atom is -0.496 e. The summed E-state index contributed by atoms with van der Waals surface area (Å²) >= 11 is 18.1. The maximum Gasteiger partial charge on any atom is 0.256 e. The third kappa shape index (κ3) is 4.69. The van der Waals surface area contributed by atoms with E-state index in [1.54, 1.807) is 24.3 Å². The van der Waals surface area contributed by atoms with Crippen molar-refractivity contribution in [3.05, 3.63) is 59.7 Å². The number of anilines is 1. The number of alkyl halides is 3. The molecular weight excluding hydrogens is 371 g/mol. The Morgan fingerprint density at radius 2 is 1.71 bits per heavy atom. The molecule has 0 bridgehead atoms. The number of amides is 1. The number of carbonyl (C=O) groups excluding carboxylic acids is 1. The predicted octanol–water partition coefficient (Wildman–Crippen LogP) is 4.54. The fraction of sp³-hybridized carbons (Fsp3) is 0.235. The lowest BCUT2D eigenvalue weighted by Gasteiger charge is -2.28. The van der Waals surface area contributed by atoms with E-state index < -0.39 is 15.9 Å². The molecule has 7 heteroatoms. The summed E-state index contributed by atoms with van der Waals surface area (Å²) in [5.74, 6) is 0.0267. The molecule has 0 aliphatic carbocycles. The first kappa shape index (κ1) is 18.7. The highest BCUT2D eigenvalue weighted by atomic mass is 35.6. The van der Waals surface area contributed by atoms with E-state index in [1.165, 1.54) is 7.11 Å². The largest absolute Gasteiger partial charge is 0.496 e. The molecule has 1 amide bonds. The lowest BCUT2D eigenvalue weighted by Crippen LogP contribution is -2.49. The fourth-order valence-corrected chi connectivity index (χ4v) is 2.46. The normalized spacial score (nSPS) is 12.4. The third-order valence-electron chi connectivity index (χ3n) is 3.40. The van der Waals surface area contributed by atoms with E-state index in [2.05, 4.69) is 10.6 Å². The Balaban J connectivity index is 2.24. The van der Waals surface area contributed by atoms with Gasteiger partial charge in [-0.15, -0.1) is 0 Å². The highest BCUT2D eigenvalue weighted by Crippen LogP contribution is 2.32. The number of methoxy groups -OCH3 is 1. The second-order valence-electron chi connectivity index (χ2n) is 5.11. The van der Waals surface area contributed by atoms with Crippen molar-refractivity contribution in [2.75, 3.05) is 12.4 Å². The first-order valence-electron chi connectivity index (χ1n) is 7.15. The van der Waals surface area contributed by atoms with E-state index in [4.69, 9.17) is 39.5 Å². The highest BCUT2D eigenvalue weighted by molar-refractivity contribution is 6.68. The number of hydrogen-bond donors (Lipinski definition) is 2. The number of carbonyl (C=O) groups is 1. The molecule has 0 aliphatic heterocycles. The second-order valence-corrected chi connectivity index (χ2v) is 7.48. The number of ether oxygens (including phenoxy) is 1. The van der Waals surface area contributed by atoms with Gasteiger partial charge in [0.2, 0.25) is 3.79 Å². The van der Waals surface area contributed by atoms with E-state index in [1.807, 2.05) is 31.2 Å². The van der Waals surface area contributed by atoms with Crippen molar-refractivity contribution in [3.63, 3.8) is 0 Å². The van der Waals surface area contributed by atoms with Gasteiger partial charge in [0, 0.05) is 5.69 Å². The maximum atomic E-state index is 12.5. The molecule has 0 saturated heterocycles. The van der Waals surface area contributed by atoms with Gasteiger partial charge in [0.1, 0.15) is 11.9 Å². The number of nitrogens with one attached hydrogen (secondary N) is 2. The molecule has 0 heterocycles. The van der Waals surface area contributed by atoms with E-state index >= 15 is 0 Å². The number of halogens is 3. The van der Waals surface area contributed by atoms with Crippen molar-refractivity contribution in [1.29, 1.82) is 0 Å². The molecule has 0 radical (unpaired) electrons. The summed E-state index contributed by atoms with van der Waals surface area (Å²) in [4.78, 5) is 12.5. The lowest BCUT2D eigenvalue weighted by atomic mass is 10.2. The number of rotatable bonds is 5. The zero-order valence-electron chi connectivity index (χ0n) is 13.1. The van der Waals surface area contributed by atoms with E-state index in [-0.39, 0.29) is 0 Å². The quantitative estimate of drug-likeness (QED) is 0.585. The standard InChI is InChI=1S/C17H17Cl3N2O2/c1-11-7-3-5-9-13(11)21-16(17(18,19)20)22-15(23)12-8-4-6-10-14(12)24-2/h3-10,16,21H,1-2H3,(H,22,23)/t16-/m1/s1. The molecule has 2 aromatic rings. The van der Waals surface area contributed by atoms with Crippen molar-refractivity contribution in [2.45, 2.75) is 16.9 Å². The zero-order valence-corrected chi connectivity index (χ0v) is 15.4. The van der Waals surface area contributed by atoms with Crippen molar-refractivity contribution in [2.24, 2.45) is 0 Å². The highest BCUT2D eigenvalue weighted by Gasteiger charge is 2.34. The second kappa shape index (κ2) is 7.97. The molecule has 0 aliphatic rings. The number of benzene rings is 2. The summed E-state index contributed by atoms with van der Waals surface area (Å²) in [6, 6.07) is 14.3. The van der Waals surface area contributed by atoms with Gasteiger partial charge in [-0.2, -0.15) is 0 Å². The van der Waals surface area contributed by atoms with Crippen LogP contribution in [0.2, 0.25) is 0 Å². The molecular formula is C17H17Cl3N2O2. The average molecular weight is 388 g/mol. The summed E-state index contributed by atoms with van der Waals surface area (Å²) < 4.78 is 3.44. The molecule has 1 atom stereocenters. The van der Waals surface area contributed by atoms with Crippen molar-refractivity contribution >= 4 is 46.4 Å². The van der Waals surface area contributed by atoms with Crippen LogP contribution >= 0.6 is 34.8 Å². The Morgan fingerprint density at radius 1 is 1.08 bits per heavy atom. The van der Waals surface area contributed by atoms with Gasteiger partial charge in [-0.3, -0.25) is 4.79 Å². The van der Waals surface area contributed by atoms with Crippen LogP contribution in [-0.4, -0.2) is 23.0 Å². The maximum absolute atomic E-state index is 12.5. The molecule has 4 nitrogen and oxygen atoms in total. The SMILES string of the molecule is COc1ccccc1C(=O)N[C@@H](Nc1ccccc1C)C(Cl)(Cl)Cl. The van der Waals surface area contributed by atoms with E-state index in [9.17, 15) is 4.79 Å². The van der Waals surface area contributed by atoms with Crippen LogP contribution in [0.15, 0.2) is 48.5 Å². The van der Waals surface area contributed by atoms with Gasteiger partial charge in [0.15, 0.2) is 0 Å². The monoisotopic (exact) mass is 386 g/mol. The number of aryl methyl sites for hydroxylation is 1. The van der Waals surface area contributed by atoms with Crippen LogP contribution in [0.4, 0.5) is 5.69 Å². The Kier molecular flexibility index (Phi) is 6.21. The fourth-order valence-electron chi connectivity index (χ4n) is 2.13. The molecule has 0 saturated carbocycles. The van der Waals surface area contributed by atoms with Crippen LogP contribution in [0.3, 0.4) is 0 Å². The molecule has 0 spiro atoms. The third-order valence-corrected chi connectivity index (χ3v) is 4.05. The van der Waals surface area contributed by atoms with E-state index in [0.29, 0.717) is 11.3 Å². The summed E-state index contributed by atoms with van der Waals surface area (Å²) in [5.41, 5.74) is 2.07. The van der Waals surface area contributed by atoms with Gasteiger partial charge >= 0.3 is 0 Å². The molecule has 24 heavy (non-hydrogen) atoms. The Bertz CT molecular complexity index is 717. The zero-order chi connectivity index (χ0) is 17.7. The van der Waals surface area contributed by atoms with Crippen LogP contribution < -0.4 is 15.4 Å². The van der Waals surface area contributed by atoms with Gasteiger partial charge in [-0.25, -0.2) is 0 Å². The number of hydrogen-bond acceptors (Lipinski definition) is 3. The first-order valence-corrected chi connectivity index (χ1v) is 8.29. The minimum atomic E-state index is -1.75. The van der Waals surface area contributed by atoms with Crippen LogP contribution in [0.1, 0.15) is 15.9 Å². The van der Waals surface area contributed by atoms with Crippen LogP contribution in [-0.2, 0) is 0 Å². The number of para-hydroxylation sites is 2. The summed E-state index contributed by atoms with van der Waals surface area (Å²) in [7, 11) is 1.49. The summed E-state index contributed by atoms with van der Waals surface area (Å²) in [6.07, 6.45) is -0.930. The molecule has 2 N–H and O–H groups in total. The molecule has 0 aromatic heterocycles. The van der Waals surface area contributed by atoms with Crippen LogP contribution in [0.5, 0.6) is 5.75 Å².